The molecule has 0 unspecified atom stereocenters. The summed E-state index contributed by atoms with van der Waals surface area (Å²) in [5.74, 6) is -0.513. The molecular weight excluding hydrogens is 261 g/mol. The maximum atomic E-state index is 13.6. The molecule has 0 bridgehead atoms. The van der Waals surface area contributed by atoms with Gasteiger partial charge in [-0.05, 0) is 24.3 Å². The summed E-state index contributed by atoms with van der Waals surface area (Å²) in [6.45, 7) is 0. The van der Waals surface area contributed by atoms with Crippen LogP contribution in [0.5, 0.6) is 0 Å². The molecule has 0 aliphatic heterocycles. The number of carboxylic acid groups (broad SMARTS) is 1. The van der Waals surface area contributed by atoms with Gasteiger partial charge >= 0.3 is 6.09 Å². The van der Waals surface area contributed by atoms with Crippen molar-refractivity contribution in [1.29, 1.82) is 0 Å². The monoisotopic (exact) mass is 267 g/mol. The highest BCUT2D eigenvalue weighted by molar-refractivity contribution is 6.30. The Morgan fingerprint density at radius 2 is 2.17 bits per heavy atom. The number of nitrogens with zero attached hydrogens (tertiary/aromatic N) is 2. The zero-order valence-corrected chi connectivity index (χ0v) is 9.65. The SMILES string of the molecule is O=C(O)Nc1cnnc(-c2cc(Cl)ccc2F)c1. The number of hydrogen-bond acceptors (Lipinski definition) is 3. The third-order valence-electron chi connectivity index (χ3n) is 2.11. The van der Waals surface area contributed by atoms with E-state index in [2.05, 4.69) is 15.5 Å². The molecule has 2 rings (SSSR count). The second-order valence-electron chi connectivity index (χ2n) is 3.38. The predicted octanol–water partition coefficient (Wildman–Crippen LogP) is 3.03. The molecule has 1 aromatic heterocycles. The first-order valence-electron chi connectivity index (χ1n) is 4.84. The minimum absolute atomic E-state index is 0.157. The Bertz CT molecular complexity index is 607. The molecular formula is C11H7ClFN3O2. The summed E-state index contributed by atoms with van der Waals surface area (Å²) in [5.41, 5.74) is 0.553. The van der Waals surface area contributed by atoms with Crippen molar-refractivity contribution in [2.24, 2.45) is 0 Å². The molecule has 5 nitrogen and oxygen atoms in total. The van der Waals surface area contributed by atoms with Crippen LogP contribution in [0.3, 0.4) is 0 Å². The van der Waals surface area contributed by atoms with E-state index in [0.717, 1.165) is 0 Å². The zero-order chi connectivity index (χ0) is 13.1. The Morgan fingerprint density at radius 1 is 1.39 bits per heavy atom. The Kier molecular flexibility index (Phi) is 3.38. The van der Waals surface area contributed by atoms with Crippen LogP contribution in [0.4, 0.5) is 14.9 Å². The molecule has 1 amide bonds. The molecule has 1 aromatic carbocycles. The summed E-state index contributed by atoms with van der Waals surface area (Å²) in [5, 5.41) is 18.4. The molecule has 0 radical (unpaired) electrons. The van der Waals surface area contributed by atoms with Crippen LogP contribution in [0.2, 0.25) is 5.02 Å². The normalized spacial score (nSPS) is 10.1. The second-order valence-corrected chi connectivity index (χ2v) is 3.82. The molecule has 1 heterocycles. The molecule has 2 aromatic rings. The molecule has 2 N–H and O–H groups in total. The fourth-order valence-electron chi connectivity index (χ4n) is 1.38. The van der Waals surface area contributed by atoms with Crippen LogP contribution in [0.1, 0.15) is 0 Å². The van der Waals surface area contributed by atoms with Gasteiger partial charge in [-0.2, -0.15) is 10.2 Å². The lowest BCUT2D eigenvalue weighted by molar-refractivity contribution is 0.209. The van der Waals surface area contributed by atoms with E-state index in [0.29, 0.717) is 5.02 Å². The number of nitrogens with one attached hydrogen (secondary N) is 1. The first kappa shape index (κ1) is 12.3. The summed E-state index contributed by atoms with van der Waals surface area (Å²) in [6, 6.07) is 5.38. The van der Waals surface area contributed by atoms with Gasteiger partial charge in [-0.1, -0.05) is 11.6 Å². The molecule has 18 heavy (non-hydrogen) atoms. The van der Waals surface area contributed by atoms with Gasteiger partial charge in [0.1, 0.15) is 5.82 Å². The second kappa shape index (κ2) is 4.97. The smallest absolute Gasteiger partial charge is 0.409 e. The van der Waals surface area contributed by atoms with Crippen molar-refractivity contribution in [2.45, 2.75) is 0 Å². The van der Waals surface area contributed by atoms with Crippen LogP contribution >= 0.6 is 11.6 Å². The summed E-state index contributed by atoms with van der Waals surface area (Å²) in [7, 11) is 0. The molecule has 7 heteroatoms. The summed E-state index contributed by atoms with van der Waals surface area (Å²) in [4.78, 5) is 10.5. The van der Waals surface area contributed by atoms with Crippen LogP contribution in [-0.2, 0) is 0 Å². The van der Waals surface area contributed by atoms with E-state index in [1.807, 2.05) is 0 Å². The zero-order valence-electron chi connectivity index (χ0n) is 8.89. The van der Waals surface area contributed by atoms with Gasteiger partial charge in [0.15, 0.2) is 0 Å². The number of rotatable bonds is 2. The average molecular weight is 268 g/mol. The lowest BCUT2D eigenvalue weighted by Gasteiger charge is -2.05. The molecule has 0 aliphatic rings. The fourth-order valence-corrected chi connectivity index (χ4v) is 1.56. The largest absolute Gasteiger partial charge is 0.465 e. The Morgan fingerprint density at radius 3 is 2.89 bits per heavy atom. The van der Waals surface area contributed by atoms with Gasteiger partial charge in [-0.25, -0.2) is 9.18 Å². The first-order valence-corrected chi connectivity index (χ1v) is 5.22. The highest BCUT2D eigenvalue weighted by Crippen LogP contribution is 2.25. The van der Waals surface area contributed by atoms with Crippen LogP contribution in [-0.4, -0.2) is 21.4 Å². The number of benzene rings is 1. The molecule has 0 fully saturated rings. The van der Waals surface area contributed by atoms with Crippen molar-refractivity contribution in [3.05, 3.63) is 41.3 Å². The van der Waals surface area contributed by atoms with E-state index in [1.54, 1.807) is 0 Å². The molecule has 0 aliphatic carbocycles. The van der Waals surface area contributed by atoms with E-state index >= 15 is 0 Å². The topological polar surface area (TPSA) is 75.1 Å². The number of hydrogen-bond donors (Lipinski definition) is 2. The van der Waals surface area contributed by atoms with Crippen LogP contribution in [0, 0.1) is 5.82 Å². The Balaban J connectivity index is 2.44. The molecule has 0 saturated heterocycles. The molecule has 0 spiro atoms. The van der Waals surface area contributed by atoms with Gasteiger partial charge < -0.3 is 5.11 Å². The van der Waals surface area contributed by atoms with Crippen molar-refractivity contribution in [3.8, 4) is 11.3 Å². The number of aromatic nitrogens is 2. The third kappa shape index (κ3) is 2.72. The molecule has 0 atom stereocenters. The van der Waals surface area contributed by atoms with Gasteiger partial charge in [0.2, 0.25) is 0 Å². The maximum absolute atomic E-state index is 13.6. The lowest BCUT2D eigenvalue weighted by Crippen LogP contribution is -2.08. The maximum Gasteiger partial charge on any atom is 0.409 e. The Labute approximate surface area is 106 Å². The van der Waals surface area contributed by atoms with Crippen molar-refractivity contribution in [1.82, 2.24) is 10.2 Å². The third-order valence-corrected chi connectivity index (χ3v) is 2.35. The fraction of sp³-hybridized carbons (Fsp3) is 0. The van der Waals surface area contributed by atoms with Gasteiger partial charge in [-0.15, -0.1) is 0 Å². The minimum atomic E-state index is -1.24. The molecule has 92 valence electrons. The van der Waals surface area contributed by atoms with Gasteiger partial charge in [0.25, 0.3) is 0 Å². The van der Waals surface area contributed by atoms with Crippen molar-refractivity contribution < 1.29 is 14.3 Å². The van der Waals surface area contributed by atoms with Crippen LogP contribution in [0.25, 0.3) is 11.3 Å². The number of anilines is 1. The van der Waals surface area contributed by atoms with E-state index in [9.17, 15) is 9.18 Å². The first-order chi connectivity index (χ1) is 8.56. The van der Waals surface area contributed by atoms with E-state index < -0.39 is 11.9 Å². The van der Waals surface area contributed by atoms with Gasteiger partial charge in [0.05, 0.1) is 17.6 Å². The van der Waals surface area contributed by atoms with Crippen LogP contribution in [0.15, 0.2) is 30.5 Å². The quantitative estimate of drug-likeness (QED) is 0.877. The van der Waals surface area contributed by atoms with E-state index in [1.165, 1.54) is 30.5 Å². The van der Waals surface area contributed by atoms with Crippen LogP contribution < -0.4 is 5.32 Å². The Hall–Kier alpha value is -2.21. The summed E-state index contributed by atoms with van der Waals surface area (Å²) < 4.78 is 13.6. The number of amides is 1. The highest BCUT2D eigenvalue weighted by Gasteiger charge is 2.09. The standard InChI is InChI=1S/C11H7ClFN3O2/c12-6-1-2-9(13)8(3-6)10-4-7(5-14-16-10)15-11(17)18/h1-5H,(H,15,16)(H,17,18). The number of carbonyl (C=O) groups is 1. The van der Waals surface area contributed by atoms with Crippen molar-refractivity contribution in [3.63, 3.8) is 0 Å². The lowest BCUT2D eigenvalue weighted by atomic mass is 10.1. The number of halogens is 2. The van der Waals surface area contributed by atoms with Crippen molar-refractivity contribution >= 4 is 23.4 Å². The summed E-state index contributed by atoms with van der Waals surface area (Å²) >= 11 is 5.77. The van der Waals surface area contributed by atoms with Gasteiger partial charge in [-0.3, -0.25) is 5.32 Å². The molecule has 0 saturated carbocycles. The highest BCUT2D eigenvalue weighted by atomic mass is 35.5. The average Bonchev–Trinajstić information content (AvgIpc) is 2.32. The summed E-state index contributed by atoms with van der Waals surface area (Å²) in [6.07, 6.45) is -0.0133. The van der Waals surface area contributed by atoms with Gasteiger partial charge in [0, 0.05) is 10.6 Å². The minimum Gasteiger partial charge on any atom is -0.465 e. The van der Waals surface area contributed by atoms with E-state index in [4.69, 9.17) is 16.7 Å². The predicted molar refractivity (Wildman–Crippen MR) is 64.1 cm³/mol. The van der Waals surface area contributed by atoms with Crippen molar-refractivity contribution in [2.75, 3.05) is 5.32 Å². The van der Waals surface area contributed by atoms with E-state index in [-0.39, 0.29) is 16.9 Å².